The molecule has 1 aromatic rings. The number of rotatable bonds is 13. The first-order valence-corrected chi connectivity index (χ1v) is 13.9. The van der Waals surface area contributed by atoms with E-state index in [0.29, 0.717) is 73.0 Å². The van der Waals surface area contributed by atoms with Crippen molar-refractivity contribution < 1.29 is 38.8 Å². The van der Waals surface area contributed by atoms with Crippen LogP contribution in [0.2, 0.25) is 0 Å². The largest absolute Gasteiger partial charge is 0.493 e. The average molecular weight is 545 g/mol. The zero-order valence-electron chi connectivity index (χ0n) is 22.8. The van der Waals surface area contributed by atoms with Crippen LogP contribution in [0.15, 0.2) is 23.8 Å². The number of benzene rings is 1. The van der Waals surface area contributed by atoms with Gasteiger partial charge in [0.25, 0.3) is 0 Å². The molecule has 3 aliphatic rings. The smallest absolute Gasteiger partial charge is 0.247 e. The standard InChI is InChI=1S/C29H40N2O8/c1-3-38-12-6-10-31(24(34)15-18-7-4-5-8-18)22-16-21(29(36)30-9-11-32)25-20-13-19(17-33)14-23(37-2)27(20)39-28(25)26(22)35/h13-14,16-18,22,25-26,28,32,35H,3-12,15H2,1-2H3,(H,30,36)/t22-,25+,26+,28+/m1/s1. The molecule has 39 heavy (non-hydrogen) atoms. The molecule has 10 nitrogen and oxygen atoms in total. The Hall–Kier alpha value is -2.95. The Morgan fingerprint density at radius 1 is 1.26 bits per heavy atom. The van der Waals surface area contributed by atoms with Crippen LogP contribution in [0.4, 0.5) is 0 Å². The zero-order valence-corrected chi connectivity index (χ0v) is 22.8. The third-order valence-electron chi connectivity index (χ3n) is 7.92. The first-order valence-electron chi connectivity index (χ1n) is 13.9. The topological polar surface area (TPSA) is 135 Å². The molecule has 1 heterocycles. The monoisotopic (exact) mass is 544 g/mol. The van der Waals surface area contributed by atoms with E-state index in [4.69, 9.17) is 14.2 Å². The summed E-state index contributed by atoms with van der Waals surface area (Å²) >= 11 is 0. The van der Waals surface area contributed by atoms with E-state index in [1.54, 1.807) is 23.1 Å². The van der Waals surface area contributed by atoms with Gasteiger partial charge in [0.05, 0.1) is 25.7 Å². The normalized spacial score (nSPS) is 23.8. The molecule has 2 aliphatic carbocycles. The maximum atomic E-state index is 13.7. The van der Waals surface area contributed by atoms with Crippen LogP contribution in [0, 0.1) is 5.92 Å². The van der Waals surface area contributed by atoms with Crippen LogP contribution in [0.3, 0.4) is 0 Å². The van der Waals surface area contributed by atoms with E-state index in [2.05, 4.69) is 5.32 Å². The maximum absolute atomic E-state index is 13.7. The summed E-state index contributed by atoms with van der Waals surface area (Å²) in [5.74, 6) is -0.180. The van der Waals surface area contributed by atoms with Crippen molar-refractivity contribution in [3.05, 3.63) is 34.9 Å². The lowest BCUT2D eigenvalue weighted by Gasteiger charge is -2.41. The molecule has 1 aromatic carbocycles. The summed E-state index contributed by atoms with van der Waals surface area (Å²) in [4.78, 5) is 40.4. The van der Waals surface area contributed by atoms with Crippen molar-refractivity contribution in [1.29, 1.82) is 0 Å². The van der Waals surface area contributed by atoms with Gasteiger partial charge in [-0.25, -0.2) is 0 Å². The number of amides is 2. The second-order valence-electron chi connectivity index (χ2n) is 10.4. The molecule has 0 bridgehead atoms. The van der Waals surface area contributed by atoms with Crippen molar-refractivity contribution in [2.45, 2.75) is 69.6 Å². The molecule has 0 spiro atoms. The summed E-state index contributed by atoms with van der Waals surface area (Å²) in [5.41, 5.74) is 1.23. The van der Waals surface area contributed by atoms with E-state index in [9.17, 15) is 24.6 Å². The molecule has 0 saturated heterocycles. The van der Waals surface area contributed by atoms with Crippen molar-refractivity contribution in [3.8, 4) is 11.5 Å². The summed E-state index contributed by atoms with van der Waals surface area (Å²) in [6.07, 6.45) is 5.56. The highest BCUT2D eigenvalue weighted by Gasteiger charge is 2.51. The number of aldehydes is 1. The van der Waals surface area contributed by atoms with Crippen molar-refractivity contribution in [2.75, 3.05) is 40.0 Å². The molecule has 4 atom stereocenters. The highest BCUT2D eigenvalue weighted by molar-refractivity contribution is 5.96. The quantitative estimate of drug-likeness (QED) is 0.254. The van der Waals surface area contributed by atoms with E-state index in [0.717, 1.165) is 25.7 Å². The fourth-order valence-corrected chi connectivity index (χ4v) is 6.06. The first-order chi connectivity index (χ1) is 18.9. The second kappa shape index (κ2) is 13.4. The fourth-order valence-electron chi connectivity index (χ4n) is 6.06. The van der Waals surface area contributed by atoms with Gasteiger partial charge in [-0.05, 0) is 50.3 Å². The molecule has 3 N–H and O–H groups in total. The van der Waals surface area contributed by atoms with Gasteiger partial charge < -0.3 is 34.6 Å². The van der Waals surface area contributed by atoms with Gasteiger partial charge in [0.2, 0.25) is 11.8 Å². The van der Waals surface area contributed by atoms with Gasteiger partial charge in [0.15, 0.2) is 11.5 Å². The molecule has 4 rings (SSSR count). The molecule has 2 amide bonds. The van der Waals surface area contributed by atoms with Crippen LogP contribution in [0.5, 0.6) is 11.5 Å². The van der Waals surface area contributed by atoms with Gasteiger partial charge in [0.1, 0.15) is 18.5 Å². The Labute approximate surface area is 229 Å². The van der Waals surface area contributed by atoms with Gasteiger partial charge in [-0.2, -0.15) is 0 Å². The molecular weight excluding hydrogens is 504 g/mol. The third-order valence-corrected chi connectivity index (χ3v) is 7.92. The number of hydrogen-bond acceptors (Lipinski definition) is 8. The Morgan fingerprint density at radius 2 is 2.03 bits per heavy atom. The molecule has 1 aliphatic heterocycles. The van der Waals surface area contributed by atoms with E-state index in [1.807, 2.05) is 6.92 Å². The van der Waals surface area contributed by atoms with Crippen LogP contribution < -0.4 is 14.8 Å². The fraction of sp³-hybridized carbons (Fsp3) is 0.621. The number of ether oxygens (including phenoxy) is 3. The summed E-state index contributed by atoms with van der Waals surface area (Å²) < 4.78 is 17.2. The molecule has 1 saturated carbocycles. The molecule has 214 valence electrons. The van der Waals surface area contributed by atoms with Crippen LogP contribution >= 0.6 is 0 Å². The number of carbonyl (C=O) groups is 3. The Balaban J connectivity index is 1.72. The summed E-state index contributed by atoms with van der Waals surface area (Å²) in [6, 6.07) is 2.39. The minimum absolute atomic E-state index is 0.0465. The van der Waals surface area contributed by atoms with Crippen molar-refractivity contribution >= 4 is 18.1 Å². The van der Waals surface area contributed by atoms with Gasteiger partial charge in [-0.3, -0.25) is 14.4 Å². The predicted octanol–water partition coefficient (Wildman–Crippen LogP) is 1.97. The molecule has 0 unspecified atom stereocenters. The number of methoxy groups -OCH3 is 1. The molecule has 10 heteroatoms. The van der Waals surface area contributed by atoms with E-state index in [-0.39, 0.29) is 19.1 Å². The Bertz CT molecular complexity index is 1070. The van der Waals surface area contributed by atoms with Gasteiger partial charge >= 0.3 is 0 Å². The highest BCUT2D eigenvalue weighted by Crippen LogP contribution is 2.51. The van der Waals surface area contributed by atoms with Crippen LogP contribution in [0.1, 0.15) is 67.3 Å². The zero-order chi connectivity index (χ0) is 27.9. The SMILES string of the molecule is CCOCCCN(C(=O)CC1CCCC1)[C@@H]1C=C(C(=O)NCCO)[C@@H]2c3cc(C=O)cc(OC)c3O[C@@H]2[C@H]1O. The highest BCUT2D eigenvalue weighted by atomic mass is 16.5. The Kier molecular flexibility index (Phi) is 9.99. The average Bonchev–Trinajstić information content (AvgIpc) is 3.60. The number of fused-ring (bicyclic) bond motifs is 3. The lowest BCUT2D eigenvalue weighted by Crippen LogP contribution is -2.56. The summed E-state index contributed by atoms with van der Waals surface area (Å²) in [6.45, 7) is 3.12. The number of hydrogen-bond donors (Lipinski definition) is 3. The minimum Gasteiger partial charge on any atom is -0.493 e. The lowest BCUT2D eigenvalue weighted by atomic mass is 9.77. The Morgan fingerprint density at radius 3 is 2.69 bits per heavy atom. The number of nitrogens with zero attached hydrogens (tertiary/aromatic N) is 1. The van der Waals surface area contributed by atoms with Crippen LogP contribution in [-0.4, -0.2) is 91.5 Å². The van der Waals surface area contributed by atoms with Gasteiger partial charge in [-0.15, -0.1) is 0 Å². The molecule has 0 radical (unpaired) electrons. The summed E-state index contributed by atoms with van der Waals surface area (Å²) in [7, 11) is 1.46. The number of aliphatic hydroxyl groups is 2. The molecular formula is C29H40N2O8. The van der Waals surface area contributed by atoms with Crippen molar-refractivity contribution in [2.24, 2.45) is 5.92 Å². The maximum Gasteiger partial charge on any atom is 0.247 e. The first kappa shape index (κ1) is 29.0. The number of nitrogens with one attached hydrogen (secondary N) is 1. The summed E-state index contributed by atoms with van der Waals surface area (Å²) in [5, 5.41) is 23.7. The molecule has 0 aromatic heterocycles. The van der Waals surface area contributed by atoms with E-state index in [1.165, 1.54) is 7.11 Å². The van der Waals surface area contributed by atoms with Gasteiger partial charge in [-0.1, -0.05) is 12.8 Å². The van der Waals surface area contributed by atoms with Gasteiger partial charge in [0, 0.05) is 49.4 Å². The van der Waals surface area contributed by atoms with Crippen molar-refractivity contribution in [1.82, 2.24) is 10.2 Å². The second-order valence-corrected chi connectivity index (χ2v) is 10.4. The third kappa shape index (κ3) is 6.28. The number of carbonyl (C=O) groups excluding carboxylic acids is 3. The predicted molar refractivity (Wildman–Crippen MR) is 143 cm³/mol. The minimum atomic E-state index is -1.14. The molecule has 1 fully saturated rings. The van der Waals surface area contributed by atoms with Crippen LogP contribution in [0.25, 0.3) is 0 Å². The van der Waals surface area contributed by atoms with E-state index >= 15 is 0 Å². The van der Waals surface area contributed by atoms with E-state index < -0.39 is 30.1 Å². The van der Waals surface area contributed by atoms with Crippen LogP contribution in [-0.2, 0) is 14.3 Å². The number of aliphatic hydroxyl groups excluding tert-OH is 2. The lowest BCUT2D eigenvalue weighted by molar-refractivity contribution is -0.138. The van der Waals surface area contributed by atoms with Crippen molar-refractivity contribution in [3.63, 3.8) is 0 Å².